The topological polar surface area (TPSA) is 11.4 Å². The second kappa shape index (κ2) is 13.7. The molecule has 0 aliphatic carbocycles. The number of hydrogen-bond donors (Lipinski definition) is 0. The predicted octanol–water partition coefficient (Wildman–Crippen LogP) is 14.0. The van der Waals surface area contributed by atoms with Gasteiger partial charge in [0.15, 0.2) is 0 Å². The largest absolute Gasteiger partial charge is 0.311 e. The van der Waals surface area contributed by atoms with Crippen molar-refractivity contribution in [1.29, 1.82) is 0 Å². The highest BCUT2D eigenvalue weighted by Gasteiger charge is 2.17. The summed E-state index contributed by atoms with van der Waals surface area (Å²) in [6.07, 6.45) is 0. The number of aromatic nitrogens is 1. The highest BCUT2D eigenvalue weighted by molar-refractivity contribution is 6.10. The maximum atomic E-state index is 2.40. The van der Waals surface area contributed by atoms with Crippen molar-refractivity contribution in [3.8, 4) is 16.8 Å². The van der Waals surface area contributed by atoms with E-state index in [4.69, 9.17) is 0 Å². The molecule has 0 aliphatic heterocycles. The Balaban J connectivity index is 1.11. The van der Waals surface area contributed by atoms with Gasteiger partial charge in [-0.2, -0.15) is 0 Å². The van der Waals surface area contributed by atoms with Gasteiger partial charge in [0.2, 0.25) is 0 Å². The van der Waals surface area contributed by atoms with Crippen LogP contribution in [0.25, 0.3) is 38.6 Å². The van der Waals surface area contributed by atoms with E-state index in [2.05, 4.69) is 228 Å². The summed E-state index contributed by atoms with van der Waals surface area (Å²) in [5, 5.41) is 2.49. The summed E-state index contributed by atoms with van der Waals surface area (Å²) >= 11 is 0. The van der Waals surface area contributed by atoms with Gasteiger partial charge in [-0.3, -0.25) is 0 Å². The maximum Gasteiger partial charge on any atom is 0.0547 e. The van der Waals surface area contributed by atoms with Crippen LogP contribution in [-0.2, 0) is 0 Å². The lowest BCUT2D eigenvalue weighted by Crippen LogP contribution is -2.09. The van der Waals surface area contributed by atoms with Crippen molar-refractivity contribution in [1.82, 2.24) is 4.57 Å². The Hall–Kier alpha value is -6.84. The van der Waals surface area contributed by atoms with Crippen molar-refractivity contribution in [2.24, 2.45) is 0 Å². The van der Waals surface area contributed by atoms with Gasteiger partial charge in [-0.25, -0.2) is 0 Å². The van der Waals surface area contributed by atoms with Crippen molar-refractivity contribution in [2.75, 3.05) is 9.80 Å². The van der Waals surface area contributed by atoms with Crippen LogP contribution in [0.4, 0.5) is 34.1 Å². The first-order chi connectivity index (χ1) is 26.1. The minimum atomic E-state index is 1.11. The molecule has 0 atom stereocenters. The first-order valence-corrected chi connectivity index (χ1v) is 18.2. The average Bonchev–Trinajstić information content (AvgIpc) is 3.55. The van der Waals surface area contributed by atoms with Crippen molar-refractivity contribution in [3.63, 3.8) is 0 Å². The molecule has 0 unspecified atom stereocenters. The van der Waals surface area contributed by atoms with Crippen LogP contribution in [0.3, 0.4) is 0 Å². The molecule has 0 spiro atoms. The highest BCUT2D eigenvalue weighted by atomic mass is 15.1. The van der Waals surface area contributed by atoms with Crippen molar-refractivity contribution in [2.45, 2.75) is 13.8 Å². The average molecular weight is 682 g/mol. The number of nitrogens with zero attached hydrogens (tertiary/aromatic N) is 3. The van der Waals surface area contributed by atoms with Crippen molar-refractivity contribution >= 4 is 55.9 Å². The molecule has 9 rings (SSSR count). The molecule has 0 radical (unpaired) electrons. The highest BCUT2D eigenvalue weighted by Crippen LogP contribution is 2.39. The quantitative estimate of drug-likeness (QED) is 0.158. The molecule has 0 saturated carbocycles. The zero-order valence-corrected chi connectivity index (χ0v) is 29.9. The summed E-state index contributed by atoms with van der Waals surface area (Å²) in [6, 6.07) is 72.1. The van der Waals surface area contributed by atoms with E-state index >= 15 is 0 Å². The molecule has 1 aromatic heterocycles. The van der Waals surface area contributed by atoms with Crippen LogP contribution < -0.4 is 9.80 Å². The smallest absolute Gasteiger partial charge is 0.0547 e. The molecular weight excluding hydrogens is 643 g/mol. The van der Waals surface area contributed by atoms with Gasteiger partial charge in [-0.15, -0.1) is 0 Å². The molecule has 8 aromatic carbocycles. The summed E-state index contributed by atoms with van der Waals surface area (Å²) in [5.74, 6) is 0. The first kappa shape index (κ1) is 32.1. The van der Waals surface area contributed by atoms with Crippen LogP contribution in [0.2, 0.25) is 0 Å². The molecule has 0 amide bonds. The summed E-state index contributed by atoms with van der Waals surface area (Å²) < 4.78 is 2.40. The van der Waals surface area contributed by atoms with E-state index < -0.39 is 0 Å². The van der Waals surface area contributed by atoms with Gasteiger partial charge >= 0.3 is 0 Å². The van der Waals surface area contributed by atoms with Gasteiger partial charge < -0.3 is 14.4 Å². The van der Waals surface area contributed by atoms with Gasteiger partial charge in [0.25, 0.3) is 0 Å². The van der Waals surface area contributed by atoms with Gasteiger partial charge in [0.1, 0.15) is 0 Å². The van der Waals surface area contributed by atoms with E-state index in [1.807, 2.05) is 0 Å². The monoisotopic (exact) mass is 681 g/mol. The molecule has 0 aliphatic rings. The van der Waals surface area contributed by atoms with Crippen LogP contribution >= 0.6 is 0 Å². The zero-order valence-electron chi connectivity index (χ0n) is 29.9. The third-order valence-corrected chi connectivity index (χ3v) is 10.1. The Morgan fingerprint density at radius 1 is 0.321 bits per heavy atom. The normalized spacial score (nSPS) is 11.2. The fraction of sp³-hybridized carbons (Fsp3) is 0.0400. The lowest BCUT2D eigenvalue weighted by molar-refractivity contribution is 1.17. The Morgan fingerprint density at radius 3 is 1.25 bits per heavy atom. The van der Waals surface area contributed by atoms with Gasteiger partial charge in [-0.05, 0) is 122 Å². The van der Waals surface area contributed by atoms with E-state index in [-0.39, 0.29) is 0 Å². The van der Waals surface area contributed by atoms with Crippen molar-refractivity contribution in [3.05, 3.63) is 211 Å². The van der Waals surface area contributed by atoms with Gasteiger partial charge in [-0.1, -0.05) is 114 Å². The fourth-order valence-corrected chi connectivity index (χ4v) is 7.42. The molecular formula is C50H39N3. The van der Waals surface area contributed by atoms with E-state index in [0.29, 0.717) is 0 Å². The first-order valence-electron chi connectivity index (χ1n) is 18.2. The Kier molecular flexibility index (Phi) is 8.30. The number of aryl methyl sites for hydroxylation is 2. The number of hydrogen-bond acceptors (Lipinski definition) is 2. The van der Waals surface area contributed by atoms with E-state index in [1.165, 1.54) is 44.1 Å². The Morgan fingerprint density at radius 2 is 0.717 bits per heavy atom. The molecule has 254 valence electrons. The number of rotatable bonds is 8. The Labute approximate surface area is 311 Å². The Bertz CT molecular complexity index is 2560. The van der Waals surface area contributed by atoms with E-state index in [0.717, 1.165) is 39.8 Å². The molecule has 3 heteroatoms. The zero-order chi connectivity index (χ0) is 35.7. The summed E-state index contributed by atoms with van der Waals surface area (Å²) in [7, 11) is 0. The fourth-order valence-electron chi connectivity index (χ4n) is 7.42. The number of fused-ring (bicyclic) bond motifs is 3. The minimum absolute atomic E-state index is 1.11. The number of para-hydroxylation sites is 3. The minimum Gasteiger partial charge on any atom is -0.311 e. The van der Waals surface area contributed by atoms with Gasteiger partial charge in [0, 0.05) is 50.6 Å². The number of benzene rings is 8. The molecule has 0 saturated heterocycles. The maximum absolute atomic E-state index is 2.40. The molecule has 1 heterocycles. The van der Waals surface area contributed by atoms with Crippen LogP contribution in [0.15, 0.2) is 200 Å². The molecule has 0 bridgehead atoms. The standard InChI is InChI=1S/C50H39N3/c1-36-17-24-42(25-18-36)52(43-26-19-37(2)20-27-43)44-28-21-38(22-29-44)39-23-34-48-47-15-9-10-16-49(47)53(50(48)35-39)46-32-30-45(31-33-46)51(40-11-5-3-6-12-40)41-13-7-4-8-14-41/h3-35H,1-2H3. The summed E-state index contributed by atoms with van der Waals surface area (Å²) in [5.41, 5.74) is 15.1. The van der Waals surface area contributed by atoms with Gasteiger partial charge in [0.05, 0.1) is 11.0 Å². The molecule has 0 fully saturated rings. The lowest BCUT2D eigenvalue weighted by Gasteiger charge is -2.26. The molecule has 9 aromatic rings. The molecule has 0 N–H and O–H groups in total. The third kappa shape index (κ3) is 6.13. The van der Waals surface area contributed by atoms with Crippen LogP contribution in [-0.4, -0.2) is 4.57 Å². The van der Waals surface area contributed by atoms with Crippen LogP contribution in [0, 0.1) is 13.8 Å². The second-order valence-corrected chi connectivity index (χ2v) is 13.7. The second-order valence-electron chi connectivity index (χ2n) is 13.7. The van der Waals surface area contributed by atoms with Crippen molar-refractivity contribution < 1.29 is 0 Å². The number of anilines is 6. The SMILES string of the molecule is Cc1ccc(N(c2ccc(C)cc2)c2ccc(-c3ccc4c5ccccc5n(-c5ccc(N(c6ccccc6)c6ccccc6)cc5)c4c3)cc2)cc1. The summed E-state index contributed by atoms with van der Waals surface area (Å²) in [4.78, 5) is 4.63. The third-order valence-electron chi connectivity index (χ3n) is 10.1. The predicted molar refractivity (Wildman–Crippen MR) is 225 cm³/mol. The molecule has 53 heavy (non-hydrogen) atoms. The van der Waals surface area contributed by atoms with E-state index in [1.54, 1.807) is 0 Å². The molecule has 3 nitrogen and oxygen atoms in total. The van der Waals surface area contributed by atoms with Crippen LogP contribution in [0.5, 0.6) is 0 Å². The van der Waals surface area contributed by atoms with Crippen LogP contribution in [0.1, 0.15) is 11.1 Å². The van der Waals surface area contributed by atoms with E-state index in [9.17, 15) is 0 Å². The summed E-state index contributed by atoms with van der Waals surface area (Å²) in [6.45, 7) is 4.26. The lowest BCUT2D eigenvalue weighted by atomic mass is 10.0.